The summed E-state index contributed by atoms with van der Waals surface area (Å²) in [6.45, 7) is 8.04. The molecule has 1 heterocycles. The van der Waals surface area contributed by atoms with Crippen LogP contribution in [0.2, 0.25) is 0 Å². The van der Waals surface area contributed by atoms with Crippen molar-refractivity contribution >= 4 is 23.2 Å². The summed E-state index contributed by atoms with van der Waals surface area (Å²) in [5.74, 6) is 0.392. The summed E-state index contributed by atoms with van der Waals surface area (Å²) in [5.41, 5.74) is 1.27. The molecule has 0 aliphatic heterocycles. The van der Waals surface area contributed by atoms with Gasteiger partial charge in [0.1, 0.15) is 4.88 Å². The van der Waals surface area contributed by atoms with Gasteiger partial charge in [0.25, 0.3) is 5.91 Å². The summed E-state index contributed by atoms with van der Waals surface area (Å²) in [4.78, 5) is 25.7. The van der Waals surface area contributed by atoms with Crippen molar-refractivity contribution in [1.29, 1.82) is 0 Å². The van der Waals surface area contributed by atoms with Gasteiger partial charge in [0, 0.05) is 10.9 Å². The molecule has 0 saturated heterocycles. The minimum Gasteiger partial charge on any atom is -0.451 e. The molecule has 22 heavy (non-hydrogen) atoms. The largest absolute Gasteiger partial charge is 0.451 e. The number of thiophene rings is 1. The minimum atomic E-state index is -0.389. The van der Waals surface area contributed by atoms with E-state index in [9.17, 15) is 9.59 Å². The monoisotopic (exact) mass is 323 g/mol. The molecule has 1 aliphatic carbocycles. The number of ether oxygens (including phenoxy) is 1. The first-order chi connectivity index (χ1) is 10.4. The van der Waals surface area contributed by atoms with Crippen molar-refractivity contribution in [2.45, 2.75) is 53.0 Å². The summed E-state index contributed by atoms with van der Waals surface area (Å²) in [6.07, 6.45) is 3.25. The molecule has 2 atom stereocenters. The van der Waals surface area contributed by atoms with Crippen LogP contribution in [0.4, 0.5) is 0 Å². The Bertz CT molecular complexity index is 550. The van der Waals surface area contributed by atoms with E-state index in [1.165, 1.54) is 28.2 Å². The highest BCUT2D eigenvalue weighted by Crippen LogP contribution is 2.32. The van der Waals surface area contributed by atoms with Crippen LogP contribution in [0.25, 0.3) is 0 Å². The Balaban J connectivity index is 1.86. The summed E-state index contributed by atoms with van der Waals surface area (Å²) in [7, 11) is 0. The Morgan fingerprint density at radius 1 is 1.41 bits per heavy atom. The van der Waals surface area contributed by atoms with Gasteiger partial charge in [-0.05, 0) is 49.7 Å². The Hall–Kier alpha value is -1.36. The SMILES string of the molecule is CC(C)[C@@H](C)NC(=O)COC(=O)c1cc2c(s1)CC[C@@H](C)C2. The predicted molar refractivity (Wildman–Crippen MR) is 88.2 cm³/mol. The molecule has 0 bridgehead atoms. The van der Waals surface area contributed by atoms with Gasteiger partial charge < -0.3 is 10.1 Å². The molecule has 5 heteroatoms. The molecule has 0 spiro atoms. The van der Waals surface area contributed by atoms with Gasteiger partial charge >= 0.3 is 5.97 Å². The zero-order chi connectivity index (χ0) is 16.3. The van der Waals surface area contributed by atoms with Gasteiger partial charge in [-0.3, -0.25) is 4.79 Å². The Labute approximate surface area is 136 Å². The quantitative estimate of drug-likeness (QED) is 0.847. The van der Waals surface area contributed by atoms with Crippen molar-refractivity contribution < 1.29 is 14.3 Å². The fourth-order valence-electron chi connectivity index (χ4n) is 2.47. The first-order valence-corrected chi connectivity index (χ1v) is 8.76. The molecule has 0 aromatic carbocycles. The molecule has 1 amide bonds. The highest BCUT2D eigenvalue weighted by molar-refractivity contribution is 7.14. The van der Waals surface area contributed by atoms with Crippen LogP contribution < -0.4 is 5.32 Å². The first-order valence-electron chi connectivity index (χ1n) is 7.95. The fraction of sp³-hybridized carbons (Fsp3) is 0.647. The van der Waals surface area contributed by atoms with Crippen LogP contribution in [0.3, 0.4) is 0 Å². The van der Waals surface area contributed by atoms with E-state index >= 15 is 0 Å². The van der Waals surface area contributed by atoms with Crippen LogP contribution in [0, 0.1) is 11.8 Å². The highest BCUT2D eigenvalue weighted by Gasteiger charge is 2.22. The molecule has 1 aromatic rings. The fourth-order valence-corrected chi connectivity index (χ4v) is 3.57. The van der Waals surface area contributed by atoms with E-state index in [0.717, 1.165) is 12.8 Å². The van der Waals surface area contributed by atoms with Crippen molar-refractivity contribution in [3.05, 3.63) is 21.4 Å². The number of nitrogens with one attached hydrogen (secondary N) is 1. The minimum absolute atomic E-state index is 0.0711. The third-order valence-corrected chi connectivity index (χ3v) is 5.47. The molecule has 0 radical (unpaired) electrons. The van der Waals surface area contributed by atoms with Crippen LogP contribution in [0.1, 0.15) is 54.2 Å². The van der Waals surface area contributed by atoms with E-state index in [1.807, 2.05) is 26.8 Å². The van der Waals surface area contributed by atoms with E-state index in [-0.39, 0.29) is 24.5 Å². The number of esters is 1. The van der Waals surface area contributed by atoms with Gasteiger partial charge in [-0.2, -0.15) is 0 Å². The lowest BCUT2D eigenvalue weighted by molar-refractivity contribution is -0.125. The molecule has 1 aliphatic rings. The van der Waals surface area contributed by atoms with E-state index in [1.54, 1.807) is 0 Å². The summed E-state index contributed by atoms with van der Waals surface area (Å²) >= 11 is 1.51. The van der Waals surface area contributed by atoms with E-state index < -0.39 is 0 Å². The van der Waals surface area contributed by atoms with Gasteiger partial charge in [0.05, 0.1) is 0 Å². The van der Waals surface area contributed by atoms with Crippen molar-refractivity contribution in [3.8, 4) is 0 Å². The number of carbonyl (C=O) groups excluding carboxylic acids is 2. The zero-order valence-electron chi connectivity index (χ0n) is 13.8. The number of rotatable bonds is 5. The normalized spacial score (nSPS) is 18.7. The third-order valence-electron chi connectivity index (χ3n) is 4.25. The first kappa shape index (κ1) is 17.0. The Morgan fingerprint density at radius 3 is 2.82 bits per heavy atom. The average Bonchev–Trinajstić information content (AvgIpc) is 2.87. The molecule has 0 unspecified atom stereocenters. The average molecular weight is 323 g/mol. The number of hydrogen-bond acceptors (Lipinski definition) is 4. The summed E-state index contributed by atoms with van der Waals surface area (Å²) in [6, 6.07) is 2.01. The molecule has 0 saturated carbocycles. The van der Waals surface area contributed by atoms with Gasteiger partial charge in [-0.1, -0.05) is 20.8 Å². The Morgan fingerprint density at radius 2 is 2.14 bits per heavy atom. The van der Waals surface area contributed by atoms with E-state index in [0.29, 0.717) is 16.7 Å². The summed E-state index contributed by atoms with van der Waals surface area (Å²) in [5, 5.41) is 2.83. The summed E-state index contributed by atoms with van der Waals surface area (Å²) < 4.78 is 5.13. The lowest BCUT2D eigenvalue weighted by atomic mass is 9.90. The van der Waals surface area contributed by atoms with Crippen LogP contribution in [0.15, 0.2) is 6.07 Å². The number of carbonyl (C=O) groups is 2. The maximum Gasteiger partial charge on any atom is 0.348 e. The maximum absolute atomic E-state index is 12.1. The van der Waals surface area contributed by atoms with E-state index in [2.05, 4.69) is 12.2 Å². The number of aryl methyl sites for hydroxylation is 1. The van der Waals surface area contributed by atoms with Gasteiger partial charge in [-0.25, -0.2) is 4.79 Å². The smallest absolute Gasteiger partial charge is 0.348 e. The van der Waals surface area contributed by atoms with Crippen LogP contribution in [-0.2, 0) is 22.4 Å². The predicted octanol–water partition coefficient (Wildman–Crippen LogP) is 3.19. The van der Waals surface area contributed by atoms with Crippen molar-refractivity contribution in [3.63, 3.8) is 0 Å². The second-order valence-electron chi connectivity index (χ2n) is 6.58. The van der Waals surface area contributed by atoms with Crippen LogP contribution in [-0.4, -0.2) is 24.5 Å². The molecule has 1 aromatic heterocycles. The maximum atomic E-state index is 12.1. The molecule has 2 rings (SSSR count). The molecule has 0 fully saturated rings. The van der Waals surface area contributed by atoms with Crippen molar-refractivity contribution in [1.82, 2.24) is 5.32 Å². The number of fused-ring (bicyclic) bond motifs is 1. The topological polar surface area (TPSA) is 55.4 Å². The molecule has 122 valence electrons. The zero-order valence-corrected chi connectivity index (χ0v) is 14.6. The number of amides is 1. The van der Waals surface area contributed by atoms with Gasteiger partial charge in [0.2, 0.25) is 0 Å². The molecular formula is C17H25NO3S. The third kappa shape index (κ3) is 4.32. The molecule has 1 N–H and O–H groups in total. The van der Waals surface area contributed by atoms with Crippen molar-refractivity contribution in [2.24, 2.45) is 11.8 Å². The van der Waals surface area contributed by atoms with Gasteiger partial charge in [-0.15, -0.1) is 11.3 Å². The van der Waals surface area contributed by atoms with E-state index in [4.69, 9.17) is 4.74 Å². The second-order valence-corrected chi connectivity index (χ2v) is 7.72. The molecular weight excluding hydrogens is 298 g/mol. The van der Waals surface area contributed by atoms with Crippen LogP contribution in [0.5, 0.6) is 0 Å². The van der Waals surface area contributed by atoms with Gasteiger partial charge in [0.15, 0.2) is 6.61 Å². The Kier molecular flexibility index (Phi) is 5.62. The van der Waals surface area contributed by atoms with Crippen molar-refractivity contribution in [2.75, 3.05) is 6.61 Å². The lowest BCUT2D eigenvalue weighted by Crippen LogP contribution is -2.38. The second kappa shape index (κ2) is 7.27. The highest BCUT2D eigenvalue weighted by atomic mass is 32.1. The lowest BCUT2D eigenvalue weighted by Gasteiger charge is -2.17. The van der Waals surface area contributed by atoms with Crippen LogP contribution >= 0.6 is 11.3 Å². The molecule has 4 nitrogen and oxygen atoms in total. The standard InChI is InChI=1S/C17H25NO3S/c1-10(2)12(4)18-16(19)9-21-17(20)15-8-13-7-11(3)5-6-14(13)22-15/h8,10-12H,5-7,9H2,1-4H3,(H,18,19)/t11-,12-/m1/s1. The number of hydrogen-bond donors (Lipinski definition) is 1.